The molecule has 7 aromatic carbocycles. The molecule has 5 aliphatic carbocycles. The van der Waals surface area contributed by atoms with E-state index in [1.165, 1.54) is 151 Å². The zero-order chi connectivity index (χ0) is 44.0. The van der Waals surface area contributed by atoms with Gasteiger partial charge in [0.15, 0.2) is 0 Å². The summed E-state index contributed by atoms with van der Waals surface area (Å²) in [5.41, 5.74) is 26.2. The number of hydrogen-bond acceptors (Lipinski definition) is 1. The lowest BCUT2D eigenvalue weighted by Crippen LogP contribution is -2.34. The van der Waals surface area contributed by atoms with Crippen LogP contribution in [0.3, 0.4) is 0 Å². The maximum Gasteiger partial charge on any atom is 0.0726 e. The Morgan fingerprint density at radius 1 is 0.344 bits per heavy atom. The van der Waals surface area contributed by atoms with Crippen molar-refractivity contribution in [2.24, 2.45) is 0 Å². The molecule has 64 heavy (non-hydrogen) atoms. The average Bonchev–Trinajstić information content (AvgIpc) is 3.76. The molecule has 0 aromatic heterocycles. The van der Waals surface area contributed by atoms with Crippen LogP contribution in [-0.4, -0.2) is 0 Å². The molecule has 0 unspecified atom stereocenters. The molecule has 5 aliphatic rings. The normalized spacial score (nSPS) is 19.4. The second-order valence-corrected chi connectivity index (χ2v) is 22.8. The van der Waals surface area contributed by atoms with Crippen LogP contribution in [0.1, 0.15) is 150 Å². The van der Waals surface area contributed by atoms with Gasteiger partial charge in [-0.1, -0.05) is 159 Å². The third-order valence-corrected chi connectivity index (χ3v) is 17.2. The standard InChI is InChI=1S/C63H63N/c1-59(2)31-33-61(5,6)56-36-43(27-29-53(56)59)64(44-28-30-54-57(37-44)62(7,8)34-32-60(54,3)4)58-39-55-49(38-48(58)42-26-25-40-17-9-10-18-41(40)35-42)47-21-13-16-24-52(47)63(55)50-22-14-11-19-45(50)46-20-12-15-23-51(46)63/h11-16,19-30,35-39H,9-10,17-18,31-34H2,1-8H3. The summed E-state index contributed by atoms with van der Waals surface area (Å²) in [6, 6.07) is 55.7. The van der Waals surface area contributed by atoms with E-state index in [0.717, 1.165) is 6.42 Å². The zero-order valence-corrected chi connectivity index (χ0v) is 39.4. The summed E-state index contributed by atoms with van der Waals surface area (Å²) in [4.78, 5) is 2.69. The molecule has 1 nitrogen and oxygen atoms in total. The van der Waals surface area contributed by atoms with Gasteiger partial charge < -0.3 is 4.90 Å². The van der Waals surface area contributed by atoms with E-state index < -0.39 is 5.41 Å². The number of benzene rings is 7. The number of aryl methyl sites for hydroxylation is 2. The van der Waals surface area contributed by atoms with Crippen molar-refractivity contribution in [2.45, 2.75) is 134 Å². The van der Waals surface area contributed by atoms with Gasteiger partial charge in [0, 0.05) is 16.9 Å². The van der Waals surface area contributed by atoms with E-state index in [2.05, 4.69) is 200 Å². The minimum absolute atomic E-state index is 0.0661. The summed E-state index contributed by atoms with van der Waals surface area (Å²) in [6.07, 6.45) is 9.62. The lowest BCUT2D eigenvalue weighted by atomic mass is 9.63. The molecular weight excluding hydrogens is 771 g/mol. The molecule has 0 aliphatic heterocycles. The lowest BCUT2D eigenvalue weighted by molar-refractivity contribution is 0.332. The summed E-state index contributed by atoms with van der Waals surface area (Å²) >= 11 is 0. The molecule has 0 atom stereocenters. The van der Waals surface area contributed by atoms with Crippen molar-refractivity contribution in [1.82, 2.24) is 0 Å². The monoisotopic (exact) mass is 833 g/mol. The molecule has 12 rings (SSSR count). The second kappa shape index (κ2) is 13.7. The topological polar surface area (TPSA) is 3.24 Å². The molecule has 0 amide bonds. The first kappa shape index (κ1) is 39.9. The van der Waals surface area contributed by atoms with E-state index in [0.29, 0.717) is 0 Å². The molecule has 0 fully saturated rings. The van der Waals surface area contributed by atoms with Crippen LogP contribution in [0.5, 0.6) is 0 Å². The van der Waals surface area contributed by atoms with Gasteiger partial charge in [0.05, 0.1) is 11.1 Å². The average molecular weight is 834 g/mol. The summed E-state index contributed by atoms with van der Waals surface area (Å²) in [7, 11) is 0. The van der Waals surface area contributed by atoms with Crippen LogP contribution in [0.15, 0.2) is 140 Å². The Labute approximate surface area is 382 Å². The molecule has 1 heteroatoms. The highest BCUT2D eigenvalue weighted by atomic mass is 15.1. The zero-order valence-electron chi connectivity index (χ0n) is 39.4. The van der Waals surface area contributed by atoms with Gasteiger partial charge in [-0.3, -0.25) is 0 Å². The van der Waals surface area contributed by atoms with E-state index in [1.807, 2.05) is 0 Å². The van der Waals surface area contributed by atoms with Crippen molar-refractivity contribution in [3.05, 3.63) is 195 Å². The number of rotatable bonds is 4. The fourth-order valence-corrected chi connectivity index (χ4v) is 13.3. The highest BCUT2D eigenvalue weighted by Crippen LogP contribution is 2.64. The molecule has 0 bridgehead atoms. The van der Waals surface area contributed by atoms with E-state index in [1.54, 1.807) is 0 Å². The number of nitrogens with zero attached hydrogens (tertiary/aromatic N) is 1. The summed E-state index contributed by atoms with van der Waals surface area (Å²) in [5.74, 6) is 0. The Morgan fingerprint density at radius 3 is 1.31 bits per heavy atom. The van der Waals surface area contributed by atoms with Crippen molar-refractivity contribution in [2.75, 3.05) is 4.90 Å². The van der Waals surface area contributed by atoms with Crippen LogP contribution in [0.4, 0.5) is 17.1 Å². The van der Waals surface area contributed by atoms with Gasteiger partial charge in [0.2, 0.25) is 0 Å². The van der Waals surface area contributed by atoms with Crippen molar-refractivity contribution in [3.63, 3.8) is 0 Å². The van der Waals surface area contributed by atoms with Gasteiger partial charge >= 0.3 is 0 Å². The van der Waals surface area contributed by atoms with Gasteiger partial charge in [-0.15, -0.1) is 0 Å². The number of hydrogen-bond donors (Lipinski definition) is 0. The van der Waals surface area contributed by atoms with Crippen LogP contribution in [-0.2, 0) is 39.9 Å². The summed E-state index contributed by atoms with van der Waals surface area (Å²) < 4.78 is 0. The van der Waals surface area contributed by atoms with Crippen molar-refractivity contribution < 1.29 is 0 Å². The summed E-state index contributed by atoms with van der Waals surface area (Å²) in [6.45, 7) is 19.7. The van der Waals surface area contributed by atoms with Crippen molar-refractivity contribution >= 4 is 17.1 Å². The highest BCUT2D eigenvalue weighted by Gasteiger charge is 2.52. The van der Waals surface area contributed by atoms with Gasteiger partial charge in [-0.25, -0.2) is 0 Å². The second-order valence-electron chi connectivity index (χ2n) is 22.8. The quantitative estimate of drug-likeness (QED) is 0.171. The smallest absolute Gasteiger partial charge is 0.0726 e. The maximum absolute atomic E-state index is 2.69. The fraction of sp³-hybridized carbons (Fsp3) is 0.333. The first-order valence-electron chi connectivity index (χ1n) is 24.4. The Morgan fingerprint density at radius 2 is 0.797 bits per heavy atom. The van der Waals surface area contributed by atoms with E-state index >= 15 is 0 Å². The van der Waals surface area contributed by atoms with Crippen LogP contribution < -0.4 is 4.90 Å². The van der Waals surface area contributed by atoms with Gasteiger partial charge in [-0.05, 0) is 193 Å². The first-order valence-corrected chi connectivity index (χ1v) is 24.4. The van der Waals surface area contributed by atoms with Crippen LogP contribution in [0.25, 0.3) is 33.4 Å². The van der Waals surface area contributed by atoms with Crippen LogP contribution in [0, 0.1) is 0 Å². The molecule has 0 saturated carbocycles. The van der Waals surface area contributed by atoms with Crippen molar-refractivity contribution in [1.29, 1.82) is 0 Å². The lowest BCUT2D eigenvalue weighted by Gasteiger charge is -2.43. The molecule has 1 spiro atoms. The minimum atomic E-state index is -0.447. The third kappa shape index (κ3) is 5.61. The predicted molar refractivity (Wildman–Crippen MR) is 270 cm³/mol. The first-order chi connectivity index (χ1) is 30.7. The van der Waals surface area contributed by atoms with Crippen molar-refractivity contribution in [3.8, 4) is 33.4 Å². The maximum atomic E-state index is 2.69. The van der Waals surface area contributed by atoms with Crippen LogP contribution in [0.2, 0.25) is 0 Å². The van der Waals surface area contributed by atoms with Gasteiger partial charge in [-0.2, -0.15) is 0 Å². The van der Waals surface area contributed by atoms with Gasteiger partial charge in [0.25, 0.3) is 0 Å². The molecule has 0 radical (unpaired) electrons. The SMILES string of the molecule is CC1(C)CCC(C)(C)c2cc(N(c3ccc4c(c3)C(C)(C)CCC4(C)C)c3cc4c(cc3-c3ccc5c(c3)CCCC5)-c3ccccc3C43c4ccccc4-c4ccccc43)ccc21. The van der Waals surface area contributed by atoms with Gasteiger partial charge in [0.1, 0.15) is 0 Å². The Hall–Kier alpha value is -5.66. The molecule has 320 valence electrons. The molecule has 7 aromatic rings. The Bertz CT molecular complexity index is 2950. The largest absolute Gasteiger partial charge is 0.310 e. The van der Waals surface area contributed by atoms with E-state index in [-0.39, 0.29) is 21.7 Å². The van der Waals surface area contributed by atoms with Crippen LogP contribution >= 0.6 is 0 Å². The molecule has 0 N–H and O–H groups in total. The summed E-state index contributed by atoms with van der Waals surface area (Å²) in [5, 5.41) is 0. The predicted octanol–water partition coefficient (Wildman–Crippen LogP) is 16.7. The Balaban J connectivity index is 1.21. The molecule has 0 saturated heterocycles. The third-order valence-electron chi connectivity index (χ3n) is 17.2. The minimum Gasteiger partial charge on any atom is -0.310 e. The number of fused-ring (bicyclic) bond motifs is 13. The highest BCUT2D eigenvalue weighted by molar-refractivity contribution is 6.00. The molecule has 0 heterocycles. The fourth-order valence-electron chi connectivity index (χ4n) is 13.3. The molecular formula is C63H63N. The number of anilines is 3. The van der Waals surface area contributed by atoms with E-state index in [9.17, 15) is 0 Å². The van der Waals surface area contributed by atoms with E-state index in [4.69, 9.17) is 0 Å². The Kier molecular flexibility index (Phi) is 8.53.